The summed E-state index contributed by atoms with van der Waals surface area (Å²) in [6.45, 7) is 5.29. The number of hydrogen-bond donors (Lipinski definition) is 2. The summed E-state index contributed by atoms with van der Waals surface area (Å²) in [5, 5.41) is 14.0. The molecule has 1 aliphatic heterocycles. The van der Waals surface area contributed by atoms with Crippen LogP contribution in [0.3, 0.4) is 0 Å². The smallest absolute Gasteiger partial charge is 0.0762 e. The summed E-state index contributed by atoms with van der Waals surface area (Å²) in [6, 6.07) is 8.61. The lowest BCUT2D eigenvalue weighted by molar-refractivity contribution is 0.0616. The molecule has 0 spiro atoms. The lowest BCUT2D eigenvalue weighted by atomic mass is 9.84. The zero-order valence-corrected chi connectivity index (χ0v) is 10.8. The zero-order chi connectivity index (χ0) is 12.3. The van der Waals surface area contributed by atoms with Gasteiger partial charge in [0.1, 0.15) is 0 Å². The number of nitrogens with one attached hydrogen (secondary N) is 1. The van der Waals surface area contributed by atoms with Crippen LogP contribution in [0, 0.1) is 5.92 Å². The van der Waals surface area contributed by atoms with E-state index in [4.69, 9.17) is 0 Å². The largest absolute Gasteiger partial charge is 0.391 e. The van der Waals surface area contributed by atoms with Gasteiger partial charge in [-0.25, -0.2) is 0 Å². The molecule has 94 valence electrons. The van der Waals surface area contributed by atoms with E-state index in [1.54, 1.807) is 0 Å². The van der Waals surface area contributed by atoms with Crippen molar-refractivity contribution in [1.82, 2.24) is 5.32 Å². The lowest BCUT2D eigenvalue weighted by Gasteiger charge is -2.34. The predicted octanol–water partition coefficient (Wildman–Crippen LogP) is 2.67. The van der Waals surface area contributed by atoms with E-state index in [1.165, 1.54) is 11.1 Å². The first kappa shape index (κ1) is 12.6. The van der Waals surface area contributed by atoms with Gasteiger partial charge >= 0.3 is 0 Å². The van der Waals surface area contributed by atoms with Crippen LogP contribution in [0.2, 0.25) is 0 Å². The summed E-state index contributed by atoms with van der Waals surface area (Å²) in [5.74, 6) is 0.388. The van der Waals surface area contributed by atoms with Crippen molar-refractivity contribution < 1.29 is 5.11 Å². The first-order chi connectivity index (χ1) is 8.27. The third kappa shape index (κ3) is 2.53. The molecule has 2 nitrogen and oxygen atoms in total. The van der Waals surface area contributed by atoms with Gasteiger partial charge in [-0.3, -0.25) is 0 Å². The van der Waals surface area contributed by atoms with Crippen LogP contribution < -0.4 is 5.32 Å². The van der Waals surface area contributed by atoms with Crippen LogP contribution in [-0.4, -0.2) is 17.8 Å². The van der Waals surface area contributed by atoms with Crippen molar-refractivity contribution in [2.75, 3.05) is 6.54 Å². The van der Waals surface area contributed by atoms with Crippen molar-refractivity contribution in [3.8, 4) is 0 Å². The average Bonchev–Trinajstić information content (AvgIpc) is 2.39. The Labute approximate surface area is 104 Å². The Bertz CT molecular complexity index is 360. The number of aliphatic hydroxyl groups excluding tert-OH is 1. The van der Waals surface area contributed by atoms with Crippen molar-refractivity contribution >= 4 is 0 Å². The Morgan fingerprint density at radius 2 is 2.00 bits per heavy atom. The molecule has 2 unspecified atom stereocenters. The average molecular weight is 233 g/mol. The van der Waals surface area contributed by atoms with Gasteiger partial charge in [-0.1, -0.05) is 51.0 Å². The Kier molecular flexibility index (Phi) is 4.19. The van der Waals surface area contributed by atoms with E-state index in [9.17, 15) is 5.11 Å². The van der Waals surface area contributed by atoms with E-state index in [2.05, 4.69) is 43.4 Å². The van der Waals surface area contributed by atoms with Gasteiger partial charge in [0.05, 0.1) is 12.1 Å². The van der Waals surface area contributed by atoms with Crippen molar-refractivity contribution in [2.24, 2.45) is 5.92 Å². The third-order valence-electron chi connectivity index (χ3n) is 4.02. The van der Waals surface area contributed by atoms with Gasteiger partial charge in [-0.15, -0.1) is 0 Å². The Morgan fingerprint density at radius 1 is 1.29 bits per heavy atom. The highest BCUT2D eigenvalue weighted by Crippen LogP contribution is 2.30. The number of aliphatic hydroxyl groups is 1. The second-order valence-corrected chi connectivity index (χ2v) is 4.95. The van der Waals surface area contributed by atoms with Crippen LogP contribution in [0.5, 0.6) is 0 Å². The van der Waals surface area contributed by atoms with E-state index in [-0.39, 0.29) is 12.1 Å². The zero-order valence-electron chi connectivity index (χ0n) is 10.8. The number of fused-ring (bicyclic) bond motifs is 1. The van der Waals surface area contributed by atoms with E-state index < -0.39 is 0 Å². The molecule has 0 bridgehead atoms. The van der Waals surface area contributed by atoms with Crippen LogP contribution in [0.1, 0.15) is 43.9 Å². The van der Waals surface area contributed by atoms with Crippen LogP contribution in [-0.2, 0) is 6.42 Å². The molecule has 1 heterocycles. The number of hydrogen-bond acceptors (Lipinski definition) is 2. The minimum atomic E-state index is -0.272. The predicted molar refractivity (Wildman–Crippen MR) is 71.0 cm³/mol. The molecule has 2 rings (SSSR count). The molecule has 0 amide bonds. The maximum absolute atomic E-state index is 10.5. The van der Waals surface area contributed by atoms with E-state index in [0.29, 0.717) is 5.92 Å². The molecule has 2 atom stereocenters. The normalized spacial score (nSPS) is 21.3. The molecule has 1 aliphatic rings. The summed E-state index contributed by atoms with van der Waals surface area (Å²) in [5.41, 5.74) is 2.68. The summed E-state index contributed by atoms with van der Waals surface area (Å²) >= 11 is 0. The van der Waals surface area contributed by atoms with Crippen LogP contribution in [0.4, 0.5) is 0 Å². The molecule has 2 N–H and O–H groups in total. The maximum atomic E-state index is 10.5. The van der Waals surface area contributed by atoms with Crippen LogP contribution in [0.15, 0.2) is 24.3 Å². The summed E-state index contributed by atoms with van der Waals surface area (Å²) in [7, 11) is 0. The third-order valence-corrected chi connectivity index (χ3v) is 4.02. The molecule has 1 aromatic carbocycles. The molecular formula is C15H23NO. The van der Waals surface area contributed by atoms with Gasteiger partial charge in [-0.2, -0.15) is 0 Å². The first-order valence-electron chi connectivity index (χ1n) is 6.77. The second-order valence-electron chi connectivity index (χ2n) is 4.95. The van der Waals surface area contributed by atoms with Gasteiger partial charge in [-0.05, 0) is 30.0 Å². The molecular weight excluding hydrogens is 210 g/mol. The van der Waals surface area contributed by atoms with E-state index in [0.717, 1.165) is 25.8 Å². The lowest BCUT2D eigenvalue weighted by Crippen LogP contribution is -2.40. The molecule has 0 aromatic heterocycles. The van der Waals surface area contributed by atoms with Gasteiger partial charge < -0.3 is 10.4 Å². The van der Waals surface area contributed by atoms with Crippen molar-refractivity contribution in [2.45, 2.75) is 45.3 Å². The van der Waals surface area contributed by atoms with Gasteiger partial charge in [0, 0.05) is 0 Å². The van der Waals surface area contributed by atoms with Gasteiger partial charge in [0.15, 0.2) is 0 Å². The molecule has 17 heavy (non-hydrogen) atoms. The molecule has 0 fully saturated rings. The fourth-order valence-corrected chi connectivity index (χ4v) is 2.89. The molecule has 1 aromatic rings. The monoisotopic (exact) mass is 233 g/mol. The summed E-state index contributed by atoms with van der Waals surface area (Å²) < 4.78 is 0. The SMILES string of the molecule is CCC(CC)C(O)C1NCCc2ccccc21. The minimum Gasteiger partial charge on any atom is -0.391 e. The fraction of sp³-hybridized carbons (Fsp3) is 0.600. The topological polar surface area (TPSA) is 32.3 Å². The number of rotatable bonds is 4. The Balaban J connectivity index is 2.23. The summed E-state index contributed by atoms with van der Waals surface area (Å²) in [6.07, 6.45) is 2.88. The van der Waals surface area contributed by atoms with Crippen molar-refractivity contribution in [1.29, 1.82) is 0 Å². The van der Waals surface area contributed by atoms with Gasteiger partial charge in [0.25, 0.3) is 0 Å². The highest BCUT2D eigenvalue weighted by atomic mass is 16.3. The second kappa shape index (κ2) is 5.65. The standard InChI is InChI=1S/C15H23NO/c1-3-11(4-2)15(17)14-13-8-6-5-7-12(13)9-10-16-14/h5-8,11,14-17H,3-4,9-10H2,1-2H3. The van der Waals surface area contributed by atoms with E-state index >= 15 is 0 Å². The molecule has 0 aliphatic carbocycles. The minimum absolute atomic E-state index is 0.116. The summed E-state index contributed by atoms with van der Waals surface area (Å²) in [4.78, 5) is 0. The van der Waals surface area contributed by atoms with Crippen molar-refractivity contribution in [3.05, 3.63) is 35.4 Å². The highest BCUT2D eigenvalue weighted by Gasteiger charge is 2.29. The van der Waals surface area contributed by atoms with Crippen LogP contribution in [0.25, 0.3) is 0 Å². The molecule has 0 radical (unpaired) electrons. The van der Waals surface area contributed by atoms with Gasteiger partial charge in [0.2, 0.25) is 0 Å². The van der Waals surface area contributed by atoms with Crippen molar-refractivity contribution in [3.63, 3.8) is 0 Å². The Hall–Kier alpha value is -0.860. The highest BCUT2D eigenvalue weighted by molar-refractivity contribution is 5.33. The maximum Gasteiger partial charge on any atom is 0.0762 e. The quantitative estimate of drug-likeness (QED) is 0.838. The molecule has 0 saturated carbocycles. The fourth-order valence-electron chi connectivity index (χ4n) is 2.89. The molecule has 2 heteroatoms. The Morgan fingerprint density at radius 3 is 2.71 bits per heavy atom. The number of benzene rings is 1. The first-order valence-corrected chi connectivity index (χ1v) is 6.77. The molecule has 0 saturated heterocycles. The van der Waals surface area contributed by atoms with Crippen LogP contribution >= 0.6 is 0 Å². The van der Waals surface area contributed by atoms with E-state index in [1.807, 2.05) is 0 Å².